The highest BCUT2D eigenvalue weighted by molar-refractivity contribution is 9.10. The van der Waals surface area contributed by atoms with E-state index in [0.29, 0.717) is 5.92 Å². The standard InChI is InChI=1S/C10H13BrN2/c11-9-6-2-5-8(13-9)10(12)7-3-1-4-7/h2,5-7,10H,1,3-4,12H2. The second-order valence-corrected chi connectivity index (χ2v) is 4.41. The van der Waals surface area contributed by atoms with Gasteiger partial charge in [0.2, 0.25) is 0 Å². The molecule has 2 N–H and O–H groups in total. The summed E-state index contributed by atoms with van der Waals surface area (Å²) in [4.78, 5) is 4.37. The van der Waals surface area contributed by atoms with E-state index >= 15 is 0 Å². The van der Waals surface area contributed by atoms with Crippen LogP contribution in [0.3, 0.4) is 0 Å². The lowest BCUT2D eigenvalue weighted by Crippen LogP contribution is -2.27. The molecule has 1 aromatic heterocycles. The molecule has 70 valence electrons. The van der Waals surface area contributed by atoms with E-state index < -0.39 is 0 Å². The Balaban J connectivity index is 2.14. The zero-order chi connectivity index (χ0) is 9.26. The number of rotatable bonds is 2. The molecule has 2 nitrogen and oxygen atoms in total. The zero-order valence-electron chi connectivity index (χ0n) is 7.41. The third-order valence-electron chi connectivity index (χ3n) is 2.74. The van der Waals surface area contributed by atoms with Crippen LogP contribution in [0.4, 0.5) is 0 Å². The van der Waals surface area contributed by atoms with Crippen LogP contribution in [-0.4, -0.2) is 4.98 Å². The molecule has 1 aromatic rings. The summed E-state index contributed by atoms with van der Waals surface area (Å²) in [6, 6.07) is 6.06. The monoisotopic (exact) mass is 240 g/mol. The minimum atomic E-state index is 0.131. The fourth-order valence-corrected chi connectivity index (χ4v) is 2.01. The third kappa shape index (κ3) is 1.92. The van der Waals surface area contributed by atoms with E-state index in [0.717, 1.165) is 10.3 Å². The Morgan fingerprint density at radius 3 is 2.77 bits per heavy atom. The van der Waals surface area contributed by atoms with Crippen molar-refractivity contribution >= 4 is 15.9 Å². The van der Waals surface area contributed by atoms with Gasteiger partial charge in [0, 0.05) is 6.04 Å². The van der Waals surface area contributed by atoms with Gasteiger partial charge in [-0.15, -0.1) is 0 Å². The number of hydrogen-bond acceptors (Lipinski definition) is 2. The van der Waals surface area contributed by atoms with Gasteiger partial charge < -0.3 is 5.73 Å². The molecule has 1 fully saturated rings. The molecule has 1 saturated carbocycles. The average molecular weight is 241 g/mol. The maximum atomic E-state index is 6.09. The highest BCUT2D eigenvalue weighted by Gasteiger charge is 2.26. The quantitative estimate of drug-likeness (QED) is 0.808. The number of aromatic nitrogens is 1. The molecule has 3 heteroatoms. The highest BCUT2D eigenvalue weighted by atomic mass is 79.9. The summed E-state index contributed by atoms with van der Waals surface area (Å²) in [5.74, 6) is 0.654. The molecule has 0 amide bonds. The zero-order valence-corrected chi connectivity index (χ0v) is 9.00. The second kappa shape index (κ2) is 3.76. The Hall–Kier alpha value is -0.410. The van der Waals surface area contributed by atoms with Crippen LogP contribution in [0.25, 0.3) is 0 Å². The molecule has 1 aliphatic carbocycles. The molecule has 2 rings (SSSR count). The second-order valence-electron chi connectivity index (χ2n) is 3.60. The summed E-state index contributed by atoms with van der Waals surface area (Å²) in [6.07, 6.45) is 3.84. The Bertz CT molecular complexity index is 297. The molecule has 1 unspecified atom stereocenters. The maximum absolute atomic E-state index is 6.09. The van der Waals surface area contributed by atoms with Gasteiger partial charge in [0.05, 0.1) is 5.69 Å². The fraction of sp³-hybridized carbons (Fsp3) is 0.500. The molecule has 0 aromatic carbocycles. The number of hydrogen-bond donors (Lipinski definition) is 1. The van der Waals surface area contributed by atoms with Gasteiger partial charge in [0.15, 0.2) is 0 Å². The van der Waals surface area contributed by atoms with Gasteiger partial charge in [0.25, 0.3) is 0 Å². The Labute approximate surface area is 86.7 Å². The predicted octanol–water partition coefficient (Wildman–Crippen LogP) is 2.64. The minimum absolute atomic E-state index is 0.131. The number of pyridine rings is 1. The van der Waals surface area contributed by atoms with Crippen molar-refractivity contribution in [1.29, 1.82) is 0 Å². The van der Waals surface area contributed by atoms with Gasteiger partial charge in [-0.2, -0.15) is 0 Å². The SMILES string of the molecule is NC(c1cccc(Br)n1)C1CCC1. The first-order valence-electron chi connectivity index (χ1n) is 4.65. The van der Waals surface area contributed by atoms with Gasteiger partial charge in [-0.05, 0) is 46.8 Å². The molecule has 1 atom stereocenters. The molecule has 0 radical (unpaired) electrons. The van der Waals surface area contributed by atoms with Crippen LogP contribution in [0, 0.1) is 5.92 Å². The Morgan fingerprint density at radius 2 is 2.23 bits per heavy atom. The Morgan fingerprint density at radius 1 is 1.46 bits per heavy atom. The van der Waals surface area contributed by atoms with Crippen molar-refractivity contribution in [3.05, 3.63) is 28.5 Å². The van der Waals surface area contributed by atoms with E-state index in [1.165, 1.54) is 19.3 Å². The Kier molecular flexibility index (Phi) is 2.65. The van der Waals surface area contributed by atoms with Crippen LogP contribution < -0.4 is 5.73 Å². The van der Waals surface area contributed by atoms with E-state index in [1.807, 2.05) is 18.2 Å². The lowest BCUT2D eigenvalue weighted by Gasteiger charge is -2.30. The maximum Gasteiger partial charge on any atom is 0.106 e. The molecule has 1 heterocycles. The molecule has 0 spiro atoms. The van der Waals surface area contributed by atoms with Crippen LogP contribution >= 0.6 is 15.9 Å². The molecule has 1 aliphatic rings. The molecule has 0 aliphatic heterocycles. The van der Waals surface area contributed by atoms with Crippen LogP contribution in [-0.2, 0) is 0 Å². The van der Waals surface area contributed by atoms with Crippen molar-refractivity contribution in [1.82, 2.24) is 4.98 Å². The average Bonchev–Trinajstić information content (AvgIpc) is 2.01. The summed E-state index contributed by atoms with van der Waals surface area (Å²) in [7, 11) is 0. The van der Waals surface area contributed by atoms with Crippen LogP contribution in [0.5, 0.6) is 0 Å². The van der Waals surface area contributed by atoms with E-state index in [-0.39, 0.29) is 6.04 Å². The normalized spacial score (nSPS) is 19.5. The van der Waals surface area contributed by atoms with Crippen molar-refractivity contribution in [2.75, 3.05) is 0 Å². The minimum Gasteiger partial charge on any atom is -0.322 e. The first kappa shape index (κ1) is 9.16. The van der Waals surface area contributed by atoms with Crippen LogP contribution in [0.1, 0.15) is 31.0 Å². The summed E-state index contributed by atoms with van der Waals surface area (Å²) in [5, 5.41) is 0. The molecule has 0 saturated heterocycles. The fourth-order valence-electron chi connectivity index (χ4n) is 1.65. The number of nitrogens with zero attached hydrogens (tertiary/aromatic N) is 1. The molecular weight excluding hydrogens is 228 g/mol. The highest BCUT2D eigenvalue weighted by Crippen LogP contribution is 2.35. The first-order valence-corrected chi connectivity index (χ1v) is 5.45. The lowest BCUT2D eigenvalue weighted by molar-refractivity contribution is 0.261. The van der Waals surface area contributed by atoms with Crippen LogP contribution in [0.15, 0.2) is 22.8 Å². The van der Waals surface area contributed by atoms with Crippen molar-refractivity contribution in [3.63, 3.8) is 0 Å². The molecular formula is C10H13BrN2. The van der Waals surface area contributed by atoms with Gasteiger partial charge >= 0.3 is 0 Å². The van der Waals surface area contributed by atoms with Gasteiger partial charge in [0.1, 0.15) is 4.60 Å². The summed E-state index contributed by atoms with van der Waals surface area (Å²) in [5.41, 5.74) is 7.10. The van der Waals surface area contributed by atoms with Crippen molar-refractivity contribution in [3.8, 4) is 0 Å². The summed E-state index contributed by atoms with van der Waals surface area (Å²) >= 11 is 3.35. The first-order chi connectivity index (χ1) is 6.27. The summed E-state index contributed by atoms with van der Waals surface area (Å²) in [6.45, 7) is 0. The van der Waals surface area contributed by atoms with E-state index in [2.05, 4.69) is 20.9 Å². The lowest BCUT2D eigenvalue weighted by atomic mass is 9.79. The largest absolute Gasteiger partial charge is 0.322 e. The topological polar surface area (TPSA) is 38.9 Å². The molecule has 13 heavy (non-hydrogen) atoms. The van der Waals surface area contributed by atoms with Crippen molar-refractivity contribution in [2.24, 2.45) is 11.7 Å². The van der Waals surface area contributed by atoms with Gasteiger partial charge in [-0.1, -0.05) is 12.5 Å². The number of nitrogens with two attached hydrogens (primary N) is 1. The van der Waals surface area contributed by atoms with E-state index in [9.17, 15) is 0 Å². The number of halogens is 1. The van der Waals surface area contributed by atoms with Crippen molar-refractivity contribution < 1.29 is 0 Å². The summed E-state index contributed by atoms with van der Waals surface area (Å²) < 4.78 is 0.875. The van der Waals surface area contributed by atoms with Gasteiger partial charge in [-0.25, -0.2) is 4.98 Å². The van der Waals surface area contributed by atoms with E-state index in [1.54, 1.807) is 0 Å². The van der Waals surface area contributed by atoms with Crippen LogP contribution in [0.2, 0.25) is 0 Å². The third-order valence-corrected chi connectivity index (χ3v) is 3.18. The van der Waals surface area contributed by atoms with Gasteiger partial charge in [-0.3, -0.25) is 0 Å². The van der Waals surface area contributed by atoms with Crippen molar-refractivity contribution in [2.45, 2.75) is 25.3 Å². The molecule has 0 bridgehead atoms. The smallest absolute Gasteiger partial charge is 0.106 e. The van der Waals surface area contributed by atoms with E-state index in [4.69, 9.17) is 5.73 Å². The predicted molar refractivity (Wildman–Crippen MR) is 56.2 cm³/mol.